The lowest BCUT2D eigenvalue weighted by atomic mass is 10.1. The van der Waals surface area contributed by atoms with Crippen molar-refractivity contribution in [2.75, 3.05) is 0 Å². The van der Waals surface area contributed by atoms with Crippen molar-refractivity contribution < 1.29 is 14.6 Å². The molecule has 0 radical (unpaired) electrons. The molecule has 0 aliphatic carbocycles. The predicted molar refractivity (Wildman–Crippen MR) is 70.8 cm³/mol. The van der Waals surface area contributed by atoms with E-state index >= 15 is 0 Å². The van der Waals surface area contributed by atoms with Crippen molar-refractivity contribution in [3.63, 3.8) is 0 Å². The van der Waals surface area contributed by atoms with E-state index in [1.807, 2.05) is 39.0 Å². The summed E-state index contributed by atoms with van der Waals surface area (Å²) in [7, 11) is 0. The van der Waals surface area contributed by atoms with Crippen molar-refractivity contribution in [2.45, 2.75) is 26.9 Å². The molecule has 1 rings (SSSR count). The molecule has 1 atom stereocenters. The largest absolute Gasteiger partial charge is 0.478 e. The van der Waals surface area contributed by atoms with Crippen LogP contribution in [0, 0.1) is 16.4 Å². The number of hydrogen-bond donors (Lipinski definition) is 1. The van der Waals surface area contributed by atoms with E-state index in [1.165, 1.54) is 0 Å². The quantitative estimate of drug-likeness (QED) is 0.861. The van der Waals surface area contributed by atoms with Gasteiger partial charge in [0.15, 0.2) is 6.10 Å². The maximum atomic E-state index is 11.0. The second-order valence-electron chi connectivity index (χ2n) is 4.03. The van der Waals surface area contributed by atoms with Crippen LogP contribution in [-0.2, 0) is 4.79 Å². The third-order valence-electron chi connectivity index (χ3n) is 2.24. The first kappa shape index (κ1) is 13.3. The van der Waals surface area contributed by atoms with Gasteiger partial charge in [-0.2, -0.15) is 0 Å². The van der Waals surface area contributed by atoms with Gasteiger partial charge in [-0.3, -0.25) is 0 Å². The van der Waals surface area contributed by atoms with Crippen molar-refractivity contribution in [2.24, 2.45) is 5.92 Å². The summed E-state index contributed by atoms with van der Waals surface area (Å²) in [5.41, 5.74) is 0.957. The van der Waals surface area contributed by atoms with Gasteiger partial charge in [0.2, 0.25) is 0 Å². The molecule has 1 aromatic carbocycles. The molecule has 0 aromatic heterocycles. The number of hydrogen-bond acceptors (Lipinski definition) is 2. The molecule has 0 saturated carbocycles. The number of carbonyl (C=O) groups is 1. The summed E-state index contributed by atoms with van der Waals surface area (Å²) in [6, 6.07) is 5.69. The van der Waals surface area contributed by atoms with Crippen LogP contribution in [0.5, 0.6) is 5.75 Å². The smallest absolute Gasteiger partial charge is 0.345 e. The normalized spacial score (nSPS) is 12.6. The van der Waals surface area contributed by atoms with Gasteiger partial charge in [0.1, 0.15) is 5.75 Å². The van der Waals surface area contributed by atoms with Crippen LogP contribution in [0.3, 0.4) is 0 Å². The molecule has 3 nitrogen and oxygen atoms in total. The number of aliphatic carboxylic acids is 1. The molecule has 0 bridgehead atoms. The molecule has 1 unspecified atom stereocenters. The summed E-state index contributed by atoms with van der Waals surface area (Å²) in [6.07, 6.45) is -0.793. The zero-order valence-corrected chi connectivity index (χ0v) is 11.7. The van der Waals surface area contributed by atoms with Crippen molar-refractivity contribution in [1.29, 1.82) is 0 Å². The highest BCUT2D eigenvalue weighted by atomic mass is 127. The Bertz CT molecular complexity index is 388. The van der Waals surface area contributed by atoms with Crippen LogP contribution in [0.15, 0.2) is 18.2 Å². The molecule has 0 spiro atoms. The highest BCUT2D eigenvalue weighted by molar-refractivity contribution is 14.1. The summed E-state index contributed by atoms with van der Waals surface area (Å²) in [6.45, 7) is 5.58. The molecular weight excluding hydrogens is 319 g/mol. The minimum Gasteiger partial charge on any atom is -0.478 e. The highest BCUT2D eigenvalue weighted by Crippen LogP contribution is 2.23. The Hall–Kier alpha value is -0.780. The van der Waals surface area contributed by atoms with Crippen molar-refractivity contribution in [3.8, 4) is 5.75 Å². The lowest BCUT2D eigenvalue weighted by Gasteiger charge is -2.19. The molecule has 0 aliphatic rings. The number of halogens is 1. The van der Waals surface area contributed by atoms with E-state index < -0.39 is 12.1 Å². The summed E-state index contributed by atoms with van der Waals surface area (Å²) in [4.78, 5) is 11.0. The molecule has 0 heterocycles. The van der Waals surface area contributed by atoms with Gasteiger partial charge in [0, 0.05) is 9.49 Å². The number of benzene rings is 1. The van der Waals surface area contributed by atoms with E-state index in [-0.39, 0.29) is 5.92 Å². The fourth-order valence-corrected chi connectivity index (χ4v) is 2.00. The van der Waals surface area contributed by atoms with Gasteiger partial charge in [0.25, 0.3) is 0 Å². The predicted octanol–water partition coefficient (Wildman–Crippen LogP) is 3.09. The first-order chi connectivity index (χ1) is 7.41. The molecule has 88 valence electrons. The molecule has 16 heavy (non-hydrogen) atoms. The Balaban J connectivity index is 2.90. The lowest BCUT2D eigenvalue weighted by molar-refractivity contribution is -0.147. The van der Waals surface area contributed by atoms with Gasteiger partial charge >= 0.3 is 5.97 Å². The molecule has 0 saturated heterocycles. The minimum absolute atomic E-state index is 0.0591. The molecule has 1 N–H and O–H groups in total. The zero-order valence-electron chi connectivity index (χ0n) is 9.53. The van der Waals surface area contributed by atoms with Crippen molar-refractivity contribution in [1.82, 2.24) is 0 Å². The molecule has 1 aromatic rings. The van der Waals surface area contributed by atoms with Crippen LogP contribution in [-0.4, -0.2) is 17.2 Å². The molecule has 0 aliphatic heterocycles. The lowest BCUT2D eigenvalue weighted by Crippen LogP contribution is -2.32. The van der Waals surface area contributed by atoms with Crippen LogP contribution in [0.25, 0.3) is 0 Å². The highest BCUT2D eigenvalue weighted by Gasteiger charge is 2.23. The first-order valence-corrected chi connectivity index (χ1v) is 6.15. The summed E-state index contributed by atoms with van der Waals surface area (Å²) in [5.74, 6) is -0.342. The SMILES string of the molecule is Cc1cc(I)ccc1OC(C(=O)O)C(C)C. The van der Waals surface area contributed by atoms with Gasteiger partial charge in [-0.15, -0.1) is 0 Å². The number of carboxylic acid groups (broad SMARTS) is 1. The molecule has 4 heteroatoms. The maximum Gasteiger partial charge on any atom is 0.345 e. The van der Waals surface area contributed by atoms with Gasteiger partial charge in [-0.1, -0.05) is 13.8 Å². The van der Waals surface area contributed by atoms with E-state index in [4.69, 9.17) is 9.84 Å². The second-order valence-corrected chi connectivity index (χ2v) is 5.28. The molecule has 0 fully saturated rings. The zero-order chi connectivity index (χ0) is 12.3. The van der Waals surface area contributed by atoms with Crippen molar-refractivity contribution in [3.05, 3.63) is 27.3 Å². The van der Waals surface area contributed by atoms with E-state index in [9.17, 15) is 4.79 Å². The number of aryl methyl sites for hydroxylation is 1. The standard InChI is InChI=1S/C12H15IO3/c1-7(2)11(12(14)15)16-10-5-4-9(13)6-8(10)3/h4-7,11H,1-3H3,(H,14,15). The monoisotopic (exact) mass is 334 g/mol. The fourth-order valence-electron chi connectivity index (χ4n) is 1.35. The van der Waals surface area contributed by atoms with Gasteiger partial charge < -0.3 is 9.84 Å². The van der Waals surface area contributed by atoms with E-state index in [2.05, 4.69) is 22.6 Å². The third-order valence-corrected chi connectivity index (χ3v) is 2.91. The Kier molecular flexibility index (Phi) is 4.58. The van der Waals surface area contributed by atoms with Crippen LogP contribution >= 0.6 is 22.6 Å². The van der Waals surface area contributed by atoms with E-state index in [0.717, 1.165) is 9.13 Å². The van der Waals surface area contributed by atoms with Crippen LogP contribution in [0.1, 0.15) is 19.4 Å². The molecule has 0 amide bonds. The van der Waals surface area contributed by atoms with Gasteiger partial charge in [-0.25, -0.2) is 4.79 Å². The topological polar surface area (TPSA) is 46.5 Å². The Morgan fingerprint density at radius 1 is 1.44 bits per heavy atom. The number of carboxylic acids is 1. The average molecular weight is 334 g/mol. The Morgan fingerprint density at radius 2 is 2.06 bits per heavy atom. The number of ether oxygens (including phenoxy) is 1. The average Bonchev–Trinajstić information content (AvgIpc) is 2.15. The number of rotatable bonds is 4. The Morgan fingerprint density at radius 3 is 2.50 bits per heavy atom. The fraction of sp³-hybridized carbons (Fsp3) is 0.417. The summed E-state index contributed by atoms with van der Waals surface area (Å²) >= 11 is 2.21. The van der Waals surface area contributed by atoms with Gasteiger partial charge in [0.05, 0.1) is 0 Å². The van der Waals surface area contributed by atoms with Crippen LogP contribution in [0.2, 0.25) is 0 Å². The second kappa shape index (κ2) is 5.52. The van der Waals surface area contributed by atoms with Crippen LogP contribution in [0.4, 0.5) is 0 Å². The first-order valence-electron chi connectivity index (χ1n) is 5.07. The van der Waals surface area contributed by atoms with E-state index in [1.54, 1.807) is 0 Å². The molecular formula is C12H15IO3. The van der Waals surface area contributed by atoms with Gasteiger partial charge in [-0.05, 0) is 53.3 Å². The van der Waals surface area contributed by atoms with Crippen molar-refractivity contribution >= 4 is 28.6 Å². The minimum atomic E-state index is -0.923. The van der Waals surface area contributed by atoms with Crippen LogP contribution < -0.4 is 4.74 Å². The third kappa shape index (κ3) is 3.37. The summed E-state index contributed by atoms with van der Waals surface area (Å²) < 4.78 is 6.63. The summed E-state index contributed by atoms with van der Waals surface area (Å²) in [5, 5.41) is 9.02. The van der Waals surface area contributed by atoms with E-state index in [0.29, 0.717) is 5.75 Å². The maximum absolute atomic E-state index is 11.0. The Labute approximate surface area is 109 Å².